The van der Waals surface area contributed by atoms with Gasteiger partial charge in [0.1, 0.15) is 13.2 Å². The molecule has 0 radical (unpaired) electrons. The van der Waals surface area contributed by atoms with Crippen LogP contribution >= 0.6 is 0 Å². The van der Waals surface area contributed by atoms with Gasteiger partial charge in [0.05, 0.1) is 6.04 Å². The number of hydrogen-bond acceptors (Lipinski definition) is 4. The Hall–Kier alpha value is -3.22. The van der Waals surface area contributed by atoms with Crippen molar-refractivity contribution in [3.8, 4) is 11.5 Å². The first-order valence-corrected chi connectivity index (χ1v) is 10.0. The molecular weight excluding hydrogens is 370 g/mol. The van der Waals surface area contributed by atoms with Crippen molar-refractivity contribution in [3.63, 3.8) is 0 Å². The van der Waals surface area contributed by atoms with Gasteiger partial charge in [0.25, 0.3) is 0 Å². The number of ether oxygens (including phenoxy) is 2. The number of benzene rings is 2. The first-order chi connectivity index (χ1) is 14.2. The lowest BCUT2D eigenvalue weighted by atomic mass is 10.0. The molecule has 0 aromatic heterocycles. The lowest BCUT2D eigenvalue weighted by molar-refractivity contribution is -0.117. The van der Waals surface area contributed by atoms with Crippen molar-refractivity contribution in [3.05, 3.63) is 48.0 Å². The molecule has 7 nitrogen and oxygen atoms in total. The van der Waals surface area contributed by atoms with E-state index in [0.717, 1.165) is 24.2 Å². The van der Waals surface area contributed by atoms with E-state index in [2.05, 4.69) is 11.4 Å². The van der Waals surface area contributed by atoms with Gasteiger partial charge in [0.15, 0.2) is 11.5 Å². The van der Waals surface area contributed by atoms with Gasteiger partial charge in [0, 0.05) is 37.0 Å². The Bertz CT molecular complexity index is 961. The van der Waals surface area contributed by atoms with Crippen molar-refractivity contribution < 1.29 is 19.1 Å². The van der Waals surface area contributed by atoms with Gasteiger partial charge in [-0.1, -0.05) is 18.2 Å². The van der Waals surface area contributed by atoms with Crippen LogP contribution in [0.3, 0.4) is 0 Å². The largest absolute Gasteiger partial charge is 0.486 e. The zero-order valence-corrected chi connectivity index (χ0v) is 16.1. The summed E-state index contributed by atoms with van der Waals surface area (Å²) in [7, 11) is 0. The van der Waals surface area contributed by atoms with Gasteiger partial charge in [-0.05, 0) is 36.6 Å². The van der Waals surface area contributed by atoms with Crippen LogP contribution in [0.15, 0.2) is 42.5 Å². The molecule has 3 aliphatic heterocycles. The average Bonchev–Trinajstić information content (AvgIpc) is 3.12. The molecule has 5 rings (SSSR count). The molecule has 0 saturated carbocycles. The van der Waals surface area contributed by atoms with Gasteiger partial charge >= 0.3 is 6.03 Å². The van der Waals surface area contributed by atoms with E-state index in [1.807, 2.05) is 36.4 Å². The van der Waals surface area contributed by atoms with Crippen LogP contribution in [-0.4, -0.2) is 44.3 Å². The zero-order valence-electron chi connectivity index (χ0n) is 16.1. The van der Waals surface area contributed by atoms with Gasteiger partial charge in [-0.25, -0.2) is 4.79 Å². The van der Waals surface area contributed by atoms with E-state index in [0.29, 0.717) is 37.8 Å². The summed E-state index contributed by atoms with van der Waals surface area (Å²) in [5.74, 6) is 1.34. The Kier molecular flexibility index (Phi) is 4.50. The number of aryl methyl sites for hydroxylation is 1. The Morgan fingerprint density at radius 2 is 1.90 bits per heavy atom. The molecule has 150 valence electrons. The lowest BCUT2D eigenvalue weighted by Crippen LogP contribution is -2.47. The molecule has 0 spiro atoms. The molecule has 0 unspecified atom stereocenters. The number of rotatable bonds is 2. The third kappa shape index (κ3) is 3.37. The van der Waals surface area contributed by atoms with E-state index in [-0.39, 0.29) is 24.4 Å². The molecule has 1 N–H and O–H groups in total. The van der Waals surface area contributed by atoms with Crippen LogP contribution in [-0.2, 0) is 11.2 Å². The van der Waals surface area contributed by atoms with E-state index < -0.39 is 0 Å². The summed E-state index contributed by atoms with van der Waals surface area (Å²) >= 11 is 0. The molecule has 1 saturated heterocycles. The summed E-state index contributed by atoms with van der Waals surface area (Å²) in [6.45, 7) is 2.16. The molecule has 29 heavy (non-hydrogen) atoms. The number of anilines is 2. The summed E-state index contributed by atoms with van der Waals surface area (Å²) in [5.41, 5.74) is 2.91. The number of nitrogens with one attached hydrogen (secondary N) is 1. The molecule has 2 aromatic carbocycles. The molecule has 0 aliphatic carbocycles. The first kappa shape index (κ1) is 17.8. The summed E-state index contributed by atoms with van der Waals surface area (Å²) in [5, 5.41) is 3.05. The predicted octanol–water partition coefficient (Wildman–Crippen LogP) is 2.73. The number of nitrogens with zero attached hydrogens (tertiary/aromatic N) is 2. The van der Waals surface area contributed by atoms with E-state index in [4.69, 9.17) is 9.47 Å². The summed E-state index contributed by atoms with van der Waals surface area (Å²) in [4.78, 5) is 29.0. The van der Waals surface area contributed by atoms with E-state index in [9.17, 15) is 9.59 Å². The average molecular weight is 393 g/mol. The highest BCUT2D eigenvalue weighted by Gasteiger charge is 2.34. The molecule has 0 bridgehead atoms. The van der Waals surface area contributed by atoms with Crippen molar-refractivity contribution in [2.75, 3.05) is 36.1 Å². The number of amides is 3. The highest BCUT2D eigenvalue weighted by Crippen LogP contribution is 2.35. The van der Waals surface area contributed by atoms with Crippen molar-refractivity contribution in [2.24, 2.45) is 0 Å². The van der Waals surface area contributed by atoms with Crippen molar-refractivity contribution in [1.82, 2.24) is 5.32 Å². The number of fused-ring (bicyclic) bond motifs is 2. The highest BCUT2D eigenvalue weighted by atomic mass is 16.6. The molecule has 3 heterocycles. The SMILES string of the molecule is O=C1C[C@@H](NC(=O)N2CCCc3ccccc32)CN1c1ccc2c(c1)OCCO2. The predicted molar refractivity (Wildman–Crippen MR) is 109 cm³/mol. The van der Waals surface area contributed by atoms with Crippen molar-refractivity contribution in [1.29, 1.82) is 0 Å². The van der Waals surface area contributed by atoms with Gasteiger partial charge in [0.2, 0.25) is 5.91 Å². The fourth-order valence-electron chi connectivity index (χ4n) is 4.25. The third-order valence-electron chi connectivity index (χ3n) is 5.65. The Labute approximate surface area is 169 Å². The molecule has 1 atom stereocenters. The van der Waals surface area contributed by atoms with Crippen molar-refractivity contribution >= 4 is 23.3 Å². The fraction of sp³-hybridized carbons (Fsp3) is 0.364. The second-order valence-electron chi connectivity index (χ2n) is 7.57. The minimum absolute atomic E-state index is 0.00831. The fourth-order valence-corrected chi connectivity index (χ4v) is 4.25. The van der Waals surface area contributed by atoms with Gasteiger partial charge < -0.3 is 19.7 Å². The molecule has 3 aliphatic rings. The molecule has 7 heteroatoms. The molecule has 1 fully saturated rings. The van der Waals surface area contributed by atoms with E-state index in [1.165, 1.54) is 5.56 Å². The van der Waals surface area contributed by atoms with Crippen molar-refractivity contribution in [2.45, 2.75) is 25.3 Å². The summed E-state index contributed by atoms with van der Waals surface area (Å²) in [6.07, 6.45) is 2.22. The monoisotopic (exact) mass is 393 g/mol. The van der Waals surface area contributed by atoms with Gasteiger partial charge in [-0.2, -0.15) is 0 Å². The van der Waals surface area contributed by atoms with Crippen LogP contribution < -0.4 is 24.6 Å². The second kappa shape index (κ2) is 7.31. The minimum atomic E-state index is -0.225. The zero-order chi connectivity index (χ0) is 19.8. The topological polar surface area (TPSA) is 71.1 Å². The molecular formula is C22H23N3O4. The van der Waals surface area contributed by atoms with E-state index >= 15 is 0 Å². The van der Waals surface area contributed by atoms with Crippen LogP contribution in [0.2, 0.25) is 0 Å². The Morgan fingerprint density at radius 3 is 2.79 bits per heavy atom. The van der Waals surface area contributed by atoms with Crippen LogP contribution in [0.1, 0.15) is 18.4 Å². The van der Waals surface area contributed by atoms with Crippen LogP contribution in [0.25, 0.3) is 0 Å². The first-order valence-electron chi connectivity index (χ1n) is 10.0. The number of carbonyl (C=O) groups excluding carboxylic acids is 2. The number of para-hydroxylation sites is 1. The van der Waals surface area contributed by atoms with Crippen LogP contribution in [0.4, 0.5) is 16.2 Å². The lowest BCUT2D eigenvalue weighted by Gasteiger charge is -2.30. The standard InChI is InChI=1S/C22H23N3O4/c26-21-12-16(14-25(21)17-7-8-19-20(13-17)29-11-10-28-19)23-22(27)24-9-3-5-15-4-1-2-6-18(15)24/h1-2,4,6-8,13,16H,3,5,9-12,14H2,(H,23,27)/t16-/m1/s1. The van der Waals surface area contributed by atoms with Crippen LogP contribution in [0, 0.1) is 0 Å². The third-order valence-corrected chi connectivity index (χ3v) is 5.65. The van der Waals surface area contributed by atoms with E-state index in [1.54, 1.807) is 9.80 Å². The van der Waals surface area contributed by atoms with Gasteiger partial charge in [-0.15, -0.1) is 0 Å². The maximum absolute atomic E-state index is 12.9. The Balaban J connectivity index is 1.28. The number of hydrogen-bond donors (Lipinski definition) is 1. The normalized spacial score (nSPS) is 20.4. The minimum Gasteiger partial charge on any atom is -0.486 e. The number of urea groups is 1. The Morgan fingerprint density at radius 1 is 1.07 bits per heavy atom. The summed E-state index contributed by atoms with van der Waals surface area (Å²) < 4.78 is 11.2. The quantitative estimate of drug-likeness (QED) is 0.852. The molecule has 3 amide bonds. The maximum atomic E-state index is 12.9. The summed E-state index contributed by atoms with van der Waals surface area (Å²) in [6, 6.07) is 13.2. The second-order valence-corrected chi connectivity index (χ2v) is 7.57. The highest BCUT2D eigenvalue weighted by molar-refractivity contribution is 5.98. The number of carbonyl (C=O) groups is 2. The van der Waals surface area contributed by atoms with Gasteiger partial charge in [-0.3, -0.25) is 9.69 Å². The maximum Gasteiger partial charge on any atom is 0.322 e. The van der Waals surface area contributed by atoms with Crippen LogP contribution in [0.5, 0.6) is 11.5 Å². The molecule has 2 aromatic rings. The smallest absolute Gasteiger partial charge is 0.322 e.